The number of hydrogen-bond donors (Lipinski definition) is 2. The lowest BCUT2D eigenvalue weighted by molar-refractivity contribution is -0.107. The molecular weight excluding hydrogens is 212 g/mol. The van der Waals surface area contributed by atoms with Gasteiger partial charge in [0.05, 0.1) is 12.2 Å². The smallest absolute Gasteiger partial charge is 0.0735 e. The third-order valence-corrected chi connectivity index (χ3v) is 5.19. The SMILES string of the molecule is CC(C)[C@@]1(O)CC[C@@H](C)[C@@H]2CCC(CO)=C[C@@H]21. The van der Waals surface area contributed by atoms with Gasteiger partial charge in [-0.2, -0.15) is 0 Å². The fourth-order valence-corrected chi connectivity index (χ4v) is 3.79. The summed E-state index contributed by atoms with van der Waals surface area (Å²) >= 11 is 0. The highest BCUT2D eigenvalue weighted by atomic mass is 16.3. The minimum atomic E-state index is -0.558. The summed E-state index contributed by atoms with van der Waals surface area (Å²) in [6, 6.07) is 0. The second-order valence-electron chi connectivity index (χ2n) is 6.37. The molecule has 2 heteroatoms. The Balaban J connectivity index is 2.32. The summed E-state index contributed by atoms with van der Waals surface area (Å²) in [6.07, 6.45) is 6.37. The van der Waals surface area contributed by atoms with E-state index in [1.54, 1.807) is 0 Å². The van der Waals surface area contributed by atoms with Crippen LogP contribution >= 0.6 is 0 Å². The highest BCUT2D eigenvalue weighted by Gasteiger charge is 2.48. The van der Waals surface area contributed by atoms with Crippen molar-refractivity contribution in [3.8, 4) is 0 Å². The lowest BCUT2D eigenvalue weighted by Gasteiger charge is -2.51. The molecule has 0 aromatic heterocycles. The Morgan fingerprint density at radius 2 is 2.12 bits per heavy atom. The lowest BCUT2D eigenvalue weighted by atomic mass is 9.58. The molecule has 1 saturated carbocycles. The molecule has 0 radical (unpaired) electrons. The van der Waals surface area contributed by atoms with Gasteiger partial charge in [-0.25, -0.2) is 0 Å². The van der Waals surface area contributed by atoms with E-state index in [0.29, 0.717) is 11.8 Å². The third-order valence-electron chi connectivity index (χ3n) is 5.19. The van der Waals surface area contributed by atoms with Crippen LogP contribution in [0.5, 0.6) is 0 Å². The van der Waals surface area contributed by atoms with Gasteiger partial charge in [-0.3, -0.25) is 0 Å². The molecule has 0 aliphatic heterocycles. The van der Waals surface area contributed by atoms with Gasteiger partial charge >= 0.3 is 0 Å². The van der Waals surface area contributed by atoms with Gasteiger partial charge < -0.3 is 10.2 Å². The van der Waals surface area contributed by atoms with Crippen molar-refractivity contribution in [2.75, 3.05) is 6.61 Å². The Hall–Kier alpha value is -0.340. The highest BCUT2D eigenvalue weighted by Crippen LogP contribution is 2.50. The van der Waals surface area contributed by atoms with Crippen LogP contribution in [0.1, 0.15) is 46.5 Å². The first-order valence-electron chi connectivity index (χ1n) is 7.02. The van der Waals surface area contributed by atoms with Gasteiger partial charge in [0.15, 0.2) is 0 Å². The van der Waals surface area contributed by atoms with Crippen LogP contribution in [0, 0.1) is 23.7 Å². The van der Waals surface area contributed by atoms with Gasteiger partial charge in [-0.05, 0) is 49.0 Å². The van der Waals surface area contributed by atoms with Crippen molar-refractivity contribution in [3.63, 3.8) is 0 Å². The molecular formula is C15H26O2. The summed E-state index contributed by atoms with van der Waals surface area (Å²) in [5, 5.41) is 20.3. The van der Waals surface area contributed by atoms with Crippen molar-refractivity contribution in [2.24, 2.45) is 23.7 Å². The Labute approximate surface area is 105 Å². The zero-order valence-corrected chi connectivity index (χ0v) is 11.3. The first-order valence-corrected chi connectivity index (χ1v) is 7.02. The van der Waals surface area contributed by atoms with Crippen LogP contribution in [-0.2, 0) is 0 Å². The molecule has 2 aliphatic rings. The molecule has 17 heavy (non-hydrogen) atoms. The molecule has 0 heterocycles. The van der Waals surface area contributed by atoms with E-state index in [1.807, 2.05) is 0 Å². The second-order valence-corrected chi connectivity index (χ2v) is 6.37. The summed E-state index contributed by atoms with van der Waals surface area (Å²) in [7, 11) is 0. The van der Waals surface area contributed by atoms with Crippen LogP contribution in [0.15, 0.2) is 11.6 Å². The molecule has 2 nitrogen and oxygen atoms in total. The third kappa shape index (κ3) is 2.17. The number of aliphatic hydroxyl groups excluding tert-OH is 1. The molecule has 1 fully saturated rings. The topological polar surface area (TPSA) is 40.5 Å². The fourth-order valence-electron chi connectivity index (χ4n) is 3.79. The van der Waals surface area contributed by atoms with E-state index < -0.39 is 5.60 Å². The van der Waals surface area contributed by atoms with E-state index in [-0.39, 0.29) is 18.4 Å². The van der Waals surface area contributed by atoms with Crippen LogP contribution < -0.4 is 0 Å². The monoisotopic (exact) mass is 238 g/mol. The highest BCUT2D eigenvalue weighted by molar-refractivity contribution is 5.17. The molecule has 98 valence electrons. The first kappa shape index (κ1) is 13.1. The second kappa shape index (κ2) is 4.74. The largest absolute Gasteiger partial charge is 0.392 e. The van der Waals surface area contributed by atoms with Crippen molar-refractivity contribution in [1.29, 1.82) is 0 Å². The van der Waals surface area contributed by atoms with Gasteiger partial charge in [-0.1, -0.05) is 26.8 Å². The Kier molecular flexibility index (Phi) is 3.65. The van der Waals surface area contributed by atoms with E-state index >= 15 is 0 Å². The fraction of sp³-hybridized carbons (Fsp3) is 0.867. The molecule has 0 spiro atoms. The Morgan fingerprint density at radius 1 is 1.41 bits per heavy atom. The minimum absolute atomic E-state index is 0.159. The number of aliphatic hydroxyl groups is 2. The number of rotatable bonds is 2. The zero-order chi connectivity index (χ0) is 12.6. The van der Waals surface area contributed by atoms with E-state index in [4.69, 9.17) is 0 Å². The predicted octanol–water partition coefficient (Wildman–Crippen LogP) is 2.75. The van der Waals surface area contributed by atoms with Crippen LogP contribution in [-0.4, -0.2) is 22.4 Å². The molecule has 0 aromatic carbocycles. The van der Waals surface area contributed by atoms with Gasteiger partial charge in [0.25, 0.3) is 0 Å². The van der Waals surface area contributed by atoms with E-state index in [2.05, 4.69) is 26.8 Å². The molecule has 2 rings (SSSR count). The standard InChI is InChI=1S/C15H26O2/c1-10(2)15(17)7-6-11(3)13-5-4-12(9-16)8-14(13)15/h8,10-11,13-14,16-17H,4-7,9H2,1-3H3/t11-,13+,14+,15+/m1/s1. The van der Waals surface area contributed by atoms with E-state index in [0.717, 1.165) is 31.3 Å². The maximum Gasteiger partial charge on any atom is 0.0735 e. The molecule has 0 amide bonds. The molecule has 0 aromatic rings. The Morgan fingerprint density at radius 3 is 2.71 bits per heavy atom. The molecule has 2 aliphatic carbocycles. The van der Waals surface area contributed by atoms with Gasteiger partial charge in [0, 0.05) is 5.92 Å². The van der Waals surface area contributed by atoms with Crippen LogP contribution in [0.2, 0.25) is 0 Å². The minimum Gasteiger partial charge on any atom is -0.392 e. The van der Waals surface area contributed by atoms with Crippen molar-refractivity contribution in [2.45, 2.75) is 52.1 Å². The van der Waals surface area contributed by atoms with E-state index in [9.17, 15) is 10.2 Å². The van der Waals surface area contributed by atoms with Crippen molar-refractivity contribution < 1.29 is 10.2 Å². The van der Waals surface area contributed by atoms with Crippen LogP contribution in [0.3, 0.4) is 0 Å². The van der Waals surface area contributed by atoms with Gasteiger partial charge in [0.2, 0.25) is 0 Å². The molecule has 4 atom stereocenters. The number of hydrogen-bond acceptors (Lipinski definition) is 2. The van der Waals surface area contributed by atoms with Crippen LogP contribution in [0.25, 0.3) is 0 Å². The average Bonchev–Trinajstić information content (AvgIpc) is 2.33. The maximum absolute atomic E-state index is 10.9. The van der Waals surface area contributed by atoms with Crippen LogP contribution in [0.4, 0.5) is 0 Å². The van der Waals surface area contributed by atoms with Gasteiger partial charge in [0.1, 0.15) is 0 Å². The molecule has 0 unspecified atom stereocenters. The molecule has 0 saturated heterocycles. The molecule has 2 N–H and O–H groups in total. The molecule has 0 bridgehead atoms. The van der Waals surface area contributed by atoms with Crippen molar-refractivity contribution in [1.82, 2.24) is 0 Å². The van der Waals surface area contributed by atoms with Crippen molar-refractivity contribution in [3.05, 3.63) is 11.6 Å². The van der Waals surface area contributed by atoms with Gasteiger partial charge in [-0.15, -0.1) is 0 Å². The Bertz CT molecular complexity index is 308. The lowest BCUT2D eigenvalue weighted by Crippen LogP contribution is -2.51. The normalized spacial score (nSPS) is 42.2. The summed E-state index contributed by atoms with van der Waals surface area (Å²) in [4.78, 5) is 0. The maximum atomic E-state index is 10.9. The number of fused-ring (bicyclic) bond motifs is 1. The predicted molar refractivity (Wildman–Crippen MR) is 69.6 cm³/mol. The first-order chi connectivity index (χ1) is 7.99. The van der Waals surface area contributed by atoms with Crippen molar-refractivity contribution >= 4 is 0 Å². The summed E-state index contributed by atoms with van der Waals surface area (Å²) in [5.41, 5.74) is 0.567. The summed E-state index contributed by atoms with van der Waals surface area (Å²) in [5.74, 6) is 1.85. The van der Waals surface area contributed by atoms with E-state index in [1.165, 1.54) is 0 Å². The average molecular weight is 238 g/mol. The zero-order valence-electron chi connectivity index (χ0n) is 11.3. The summed E-state index contributed by atoms with van der Waals surface area (Å²) < 4.78 is 0. The summed E-state index contributed by atoms with van der Waals surface area (Å²) in [6.45, 7) is 6.71. The quantitative estimate of drug-likeness (QED) is 0.726.